The van der Waals surface area contributed by atoms with Crippen molar-refractivity contribution in [2.75, 3.05) is 6.61 Å². The Labute approximate surface area is 107 Å². The summed E-state index contributed by atoms with van der Waals surface area (Å²) in [5, 5.41) is 0. The highest BCUT2D eigenvalue weighted by Crippen LogP contribution is 2.15. The molecule has 0 aliphatic heterocycles. The lowest BCUT2D eigenvalue weighted by Crippen LogP contribution is -2.44. The molecule has 0 aliphatic rings. The highest BCUT2D eigenvalue weighted by molar-refractivity contribution is 7.84. The molecular formula is C12H25NO3S. The summed E-state index contributed by atoms with van der Waals surface area (Å²) in [6.07, 6.45) is 0.738. The number of rotatable bonds is 6. The Morgan fingerprint density at radius 2 is 1.88 bits per heavy atom. The normalized spacial score (nSPS) is 17.3. The Morgan fingerprint density at radius 1 is 1.35 bits per heavy atom. The molecule has 3 atom stereocenters. The molecule has 0 unspecified atom stereocenters. The van der Waals surface area contributed by atoms with Gasteiger partial charge in [-0.25, -0.2) is 8.93 Å². The van der Waals surface area contributed by atoms with E-state index in [1.54, 1.807) is 13.8 Å². The Morgan fingerprint density at radius 3 is 2.24 bits per heavy atom. The average molecular weight is 263 g/mol. The van der Waals surface area contributed by atoms with Gasteiger partial charge in [0.1, 0.15) is 0 Å². The fraction of sp³-hybridized carbons (Fsp3) is 0.917. The smallest absolute Gasteiger partial charge is 0.310 e. The topological polar surface area (TPSA) is 55.4 Å². The second kappa shape index (κ2) is 7.11. The summed E-state index contributed by atoms with van der Waals surface area (Å²) in [5.41, 5.74) is 0. The summed E-state index contributed by atoms with van der Waals surface area (Å²) >= 11 is 0. The van der Waals surface area contributed by atoms with Crippen LogP contribution < -0.4 is 4.72 Å². The largest absolute Gasteiger partial charge is 0.466 e. The van der Waals surface area contributed by atoms with Gasteiger partial charge in [-0.2, -0.15) is 0 Å². The van der Waals surface area contributed by atoms with Crippen molar-refractivity contribution in [3.8, 4) is 0 Å². The Bertz CT molecular complexity index is 273. The van der Waals surface area contributed by atoms with Crippen LogP contribution >= 0.6 is 0 Å². The molecule has 0 amide bonds. The maximum Gasteiger partial charge on any atom is 0.310 e. The highest BCUT2D eigenvalue weighted by Gasteiger charge is 2.28. The van der Waals surface area contributed by atoms with Gasteiger partial charge >= 0.3 is 5.97 Å². The van der Waals surface area contributed by atoms with Gasteiger partial charge in [0.2, 0.25) is 0 Å². The van der Waals surface area contributed by atoms with Gasteiger partial charge in [-0.1, -0.05) is 13.8 Å². The Balaban J connectivity index is 4.53. The summed E-state index contributed by atoms with van der Waals surface area (Å²) < 4.78 is 19.6. The van der Waals surface area contributed by atoms with Crippen molar-refractivity contribution < 1.29 is 13.7 Å². The molecular weight excluding hydrogens is 238 g/mol. The van der Waals surface area contributed by atoms with Crippen LogP contribution in [-0.4, -0.2) is 27.6 Å². The molecule has 0 aromatic heterocycles. The molecule has 5 heteroatoms. The molecule has 0 spiro atoms. The summed E-state index contributed by atoms with van der Waals surface area (Å²) in [6.45, 7) is 11.6. The molecule has 17 heavy (non-hydrogen) atoms. The monoisotopic (exact) mass is 263 g/mol. The van der Waals surface area contributed by atoms with Crippen molar-refractivity contribution >= 4 is 17.0 Å². The molecule has 0 heterocycles. The van der Waals surface area contributed by atoms with Crippen LogP contribution in [0.1, 0.15) is 48.0 Å². The second-order valence-electron chi connectivity index (χ2n) is 5.05. The SMILES string of the molecule is CCOC(=O)[C@@H](C)[C@H](CC)N[S@](=O)C(C)(C)C. The maximum atomic E-state index is 12.0. The van der Waals surface area contributed by atoms with E-state index in [1.165, 1.54) is 0 Å². The second-order valence-corrected chi connectivity index (χ2v) is 7.05. The lowest BCUT2D eigenvalue weighted by molar-refractivity contribution is -0.148. The van der Waals surface area contributed by atoms with Crippen LogP contribution in [0.4, 0.5) is 0 Å². The molecule has 4 nitrogen and oxygen atoms in total. The first-order valence-electron chi connectivity index (χ1n) is 6.08. The number of ether oxygens (including phenoxy) is 1. The fourth-order valence-corrected chi connectivity index (χ4v) is 2.29. The summed E-state index contributed by atoms with van der Waals surface area (Å²) in [7, 11) is -1.17. The molecule has 0 bridgehead atoms. The number of carbonyl (C=O) groups is 1. The summed E-state index contributed by atoms with van der Waals surface area (Å²) in [4.78, 5) is 11.6. The lowest BCUT2D eigenvalue weighted by atomic mass is 10.0. The first-order chi connectivity index (χ1) is 7.73. The predicted octanol–water partition coefficient (Wildman–Crippen LogP) is 2.02. The standard InChI is InChI=1S/C12H25NO3S/c1-7-10(9(3)11(14)16-8-2)13-17(15)12(4,5)6/h9-10,13H,7-8H2,1-6H3/t9-,10-,17+/m0/s1. The van der Waals surface area contributed by atoms with E-state index in [4.69, 9.17) is 4.74 Å². The van der Waals surface area contributed by atoms with E-state index in [2.05, 4.69) is 4.72 Å². The minimum Gasteiger partial charge on any atom is -0.466 e. The van der Waals surface area contributed by atoms with Gasteiger partial charge in [0, 0.05) is 6.04 Å². The number of hydrogen-bond acceptors (Lipinski definition) is 3. The van der Waals surface area contributed by atoms with Gasteiger partial charge in [0.05, 0.1) is 28.3 Å². The van der Waals surface area contributed by atoms with Crippen molar-refractivity contribution in [1.29, 1.82) is 0 Å². The zero-order chi connectivity index (χ0) is 13.6. The van der Waals surface area contributed by atoms with Gasteiger partial charge in [-0.3, -0.25) is 4.79 Å². The highest BCUT2D eigenvalue weighted by atomic mass is 32.2. The Kier molecular flexibility index (Phi) is 6.94. The molecule has 0 aromatic carbocycles. The molecule has 1 N–H and O–H groups in total. The minimum atomic E-state index is -1.17. The Hall–Kier alpha value is -0.420. The molecule has 0 aliphatic carbocycles. The van der Waals surface area contributed by atoms with Crippen molar-refractivity contribution in [2.45, 2.75) is 58.8 Å². The van der Waals surface area contributed by atoms with E-state index in [0.717, 1.165) is 6.42 Å². The van der Waals surface area contributed by atoms with E-state index in [-0.39, 0.29) is 22.7 Å². The van der Waals surface area contributed by atoms with Crippen molar-refractivity contribution in [2.24, 2.45) is 5.92 Å². The fourth-order valence-electron chi connectivity index (χ4n) is 1.29. The quantitative estimate of drug-likeness (QED) is 0.746. The number of nitrogens with one attached hydrogen (secondary N) is 1. The van der Waals surface area contributed by atoms with E-state index in [0.29, 0.717) is 6.61 Å². The first-order valence-corrected chi connectivity index (χ1v) is 7.23. The van der Waals surface area contributed by atoms with E-state index in [1.807, 2.05) is 27.7 Å². The minimum absolute atomic E-state index is 0.117. The molecule has 0 saturated carbocycles. The lowest BCUT2D eigenvalue weighted by Gasteiger charge is -2.26. The average Bonchev–Trinajstić information content (AvgIpc) is 2.23. The van der Waals surface area contributed by atoms with E-state index in [9.17, 15) is 9.00 Å². The molecule has 0 aromatic rings. The number of carbonyl (C=O) groups excluding carboxylic acids is 1. The molecule has 0 radical (unpaired) electrons. The van der Waals surface area contributed by atoms with Crippen LogP contribution in [0.3, 0.4) is 0 Å². The van der Waals surface area contributed by atoms with E-state index < -0.39 is 11.0 Å². The third-order valence-corrected chi connectivity index (χ3v) is 4.15. The number of hydrogen-bond donors (Lipinski definition) is 1. The third kappa shape index (κ3) is 5.64. The van der Waals surface area contributed by atoms with Crippen LogP contribution in [0.15, 0.2) is 0 Å². The van der Waals surface area contributed by atoms with Gasteiger partial charge in [-0.05, 0) is 34.1 Å². The van der Waals surface area contributed by atoms with Crippen LogP contribution in [-0.2, 0) is 20.5 Å². The van der Waals surface area contributed by atoms with Crippen LogP contribution in [0.5, 0.6) is 0 Å². The molecule has 0 saturated heterocycles. The summed E-state index contributed by atoms with van der Waals surface area (Å²) in [6, 6.07) is -0.117. The van der Waals surface area contributed by atoms with Crippen molar-refractivity contribution in [1.82, 2.24) is 4.72 Å². The summed E-state index contributed by atoms with van der Waals surface area (Å²) in [5.74, 6) is -0.524. The molecule has 102 valence electrons. The van der Waals surface area contributed by atoms with Crippen molar-refractivity contribution in [3.05, 3.63) is 0 Å². The number of esters is 1. The predicted molar refractivity (Wildman–Crippen MR) is 70.9 cm³/mol. The zero-order valence-electron chi connectivity index (χ0n) is 11.7. The molecule has 0 rings (SSSR count). The van der Waals surface area contributed by atoms with Crippen LogP contribution in [0, 0.1) is 5.92 Å². The van der Waals surface area contributed by atoms with Gasteiger partial charge in [-0.15, -0.1) is 0 Å². The first kappa shape index (κ1) is 16.6. The van der Waals surface area contributed by atoms with Crippen LogP contribution in [0.2, 0.25) is 0 Å². The molecule has 0 fully saturated rings. The van der Waals surface area contributed by atoms with Crippen molar-refractivity contribution in [3.63, 3.8) is 0 Å². The van der Waals surface area contributed by atoms with Gasteiger partial charge < -0.3 is 4.74 Å². The van der Waals surface area contributed by atoms with Crippen LogP contribution in [0.25, 0.3) is 0 Å². The van der Waals surface area contributed by atoms with Gasteiger partial charge in [0.15, 0.2) is 0 Å². The maximum absolute atomic E-state index is 12.0. The third-order valence-electron chi connectivity index (χ3n) is 2.52. The van der Waals surface area contributed by atoms with Gasteiger partial charge in [0.25, 0.3) is 0 Å². The van der Waals surface area contributed by atoms with E-state index >= 15 is 0 Å². The zero-order valence-corrected chi connectivity index (χ0v) is 12.5.